The Bertz CT molecular complexity index is 415. The van der Waals surface area contributed by atoms with Crippen molar-refractivity contribution in [1.82, 2.24) is 5.32 Å². The van der Waals surface area contributed by atoms with E-state index < -0.39 is 0 Å². The summed E-state index contributed by atoms with van der Waals surface area (Å²) in [6, 6.07) is 5.37. The van der Waals surface area contributed by atoms with Crippen LogP contribution in [0.25, 0.3) is 0 Å². The fourth-order valence-electron chi connectivity index (χ4n) is 2.55. The Morgan fingerprint density at radius 2 is 2.17 bits per heavy atom. The fraction of sp³-hybridized carbons (Fsp3) is 0.600. The largest absolute Gasteiger partial charge is 0.310 e. The first-order valence-electron chi connectivity index (χ1n) is 6.75. The van der Waals surface area contributed by atoms with Gasteiger partial charge in [-0.25, -0.2) is 4.39 Å². The lowest BCUT2D eigenvalue weighted by atomic mass is 9.99. The van der Waals surface area contributed by atoms with Crippen molar-refractivity contribution in [3.8, 4) is 0 Å². The van der Waals surface area contributed by atoms with Gasteiger partial charge in [-0.1, -0.05) is 35.3 Å². The van der Waals surface area contributed by atoms with Crippen molar-refractivity contribution in [2.24, 2.45) is 5.41 Å². The van der Waals surface area contributed by atoms with Crippen molar-refractivity contribution in [3.63, 3.8) is 0 Å². The summed E-state index contributed by atoms with van der Waals surface area (Å²) >= 11 is 3.29. The number of hydrogen-bond donors (Lipinski definition) is 1. The van der Waals surface area contributed by atoms with Crippen LogP contribution >= 0.6 is 15.9 Å². The molecule has 1 atom stereocenters. The molecule has 0 bridgehead atoms. The van der Waals surface area contributed by atoms with Gasteiger partial charge >= 0.3 is 0 Å². The van der Waals surface area contributed by atoms with Crippen molar-refractivity contribution >= 4 is 15.9 Å². The lowest BCUT2D eigenvalue weighted by molar-refractivity contribution is 0.393. The Balaban J connectivity index is 1.93. The molecule has 0 heterocycles. The Kier molecular flexibility index (Phi) is 4.44. The van der Waals surface area contributed by atoms with Crippen LogP contribution < -0.4 is 5.32 Å². The molecule has 0 saturated heterocycles. The Morgan fingerprint density at radius 3 is 2.72 bits per heavy atom. The fourth-order valence-corrected chi connectivity index (χ4v) is 2.89. The molecule has 0 aliphatic heterocycles. The Hall–Kier alpha value is -0.410. The van der Waals surface area contributed by atoms with Crippen LogP contribution in [0.4, 0.5) is 4.39 Å². The molecule has 0 radical (unpaired) electrons. The van der Waals surface area contributed by atoms with Gasteiger partial charge in [0.2, 0.25) is 0 Å². The van der Waals surface area contributed by atoms with Gasteiger partial charge in [0.25, 0.3) is 0 Å². The second kappa shape index (κ2) is 5.70. The molecule has 2 rings (SSSR count). The normalized spacial score (nSPS) is 18.7. The molecule has 1 aromatic rings. The van der Waals surface area contributed by atoms with E-state index >= 15 is 0 Å². The summed E-state index contributed by atoms with van der Waals surface area (Å²) < 4.78 is 14.6. The van der Waals surface area contributed by atoms with E-state index in [1.807, 2.05) is 19.1 Å². The molecule has 1 nitrogen and oxygen atoms in total. The predicted molar refractivity (Wildman–Crippen MR) is 77.1 cm³/mol. The topological polar surface area (TPSA) is 12.0 Å². The molecule has 0 amide bonds. The summed E-state index contributed by atoms with van der Waals surface area (Å²) in [5.41, 5.74) is 1.26. The molecule has 1 aromatic carbocycles. The van der Waals surface area contributed by atoms with E-state index in [0.29, 0.717) is 5.41 Å². The first kappa shape index (κ1) is 14.0. The molecule has 1 aliphatic rings. The van der Waals surface area contributed by atoms with E-state index in [2.05, 4.69) is 28.2 Å². The molecule has 1 aliphatic carbocycles. The van der Waals surface area contributed by atoms with Crippen LogP contribution in [0.5, 0.6) is 0 Å². The molecule has 1 N–H and O–H groups in total. The van der Waals surface area contributed by atoms with Gasteiger partial charge < -0.3 is 5.32 Å². The number of hydrogen-bond acceptors (Lipinski definition) is 1. The minimum absolute atomic E-state index is 0.0763. The van der Waals surface area contributed by atoms with Crippen molar-refractivity contribution < 1.29 is 4.39 Å². The maximum atomic E-state index is 13.8. The van der Waals surface area contributed by atoms with Crippen molar-refractivity contribution in [2.45, 2.75) is 45.6 Å². The third-order valence-electron chi connectivity index (χ3n) is 3.95. The lowest BCUT2D eigenvalue weighted by Crippen LogP contribution is -2.27. The summed E-state index contributed by atoms with van der Waals surface area (Å²) in [5.74, 6) is -0.135. The van der Waals surface area contributed by atoms with Gasteiger partial charge in [-0.15, -0.1) is 0 Å². The van der Waals surface area contributed by atoms with Crippen molar-refractivity contribution in [2.75, 3.05) is 6.54 Å². The third-order valence-corrected chi connectivity index (χ3v) is 4.44. The quantitative estimate of drug-likeness (QED) is 0.794. The SMILES string of the molecule is CCCC1(CNC(C)c2ccc(Br)cc2F)CC1. The minimum atomic E-state index is -0.135. The lowest BCUT2D eigenvalue weighted by Gasteiger charge is -2.20. The molecule has 0 aromatic heterocycles. The summed E-state index contributed by atoms with van der Waals surface area (Å²) in [7, 11) is 0. The van der Waals surface area contributed by atoms with E-state index in [-0.39, 0.29) is 11.9 Å². The van der Waals surface area contributed by atoms with Crippen LogP contribution in [-0.4, -0.2) is 6.54 Å². The number of rotatable bonds is 6. The van der Waals surface area contributed by atoms with E-state index in [1.54, 1.807) is 0 Å². The molecule has 3 heteroatoms. The summed E-state index contributed by atoms with van der Waals surface area (Å²) in [6.07, 6.45) is 5.17. The molecular formula is C15H21BrFN. The van der Waals surface area contributed by atoms with Gasteiger partial charge in [0.05, 0.1) is 0 Å². The zero-order chi connectivity index (χ0) is 13.2. The summed E-state index contributed by atoms with van der Waals surface area (Å²) in [6.45, 7) is 5.28. The second-order valence-corrected chi connectivity index (χ2v) is 6.43. The highest BCUT2D eigenvalue weighted by atomic mass is 79.9. The van der Waals surface area contributed by atoms with Crippen LogP contribution in [0.3, 0.4) is 0 Å². The minimum Gasteiger partial charge on any atom is -0.310 e. The Labute approximate surface area is 117 Å². The standard InChI is InChI=1S/C15H21BrFN/c1-3-6-15(7-8-15)10-18-11(2)13-5-4-12(16)9-14(13)17/h4-5,9,11,18H,3,6-8,10H2,1-2H3. The average Bonchev–Trinajstić information content (AvgIpc) is 3.07. The molecule has 0 spiro atoms. The van der Waals surface area contributed by atoms with E-state index in [0.717, 1.165) is 16.6 Å². The first-order valence-corrected chi connectivity index (χ1v) is 7.54. The molecular weight excluding hydrogens is 293 g/mol. The highest BCUT2D eigenvalue weighted by Crippen LogP contribution is 2.49. The van der Waals surface area contributed by atoms with Crippen LogP contribution in [0.2, 0.25) is 0 Å². The summed E-state index contributed by atoms with van der Waals surface area (Å²) in [4.78, 5) is 0. The predicted octanol–water partition coefficient (Wildman–Crippen LogP) is 4.82. The number of nitrogens with one attached hydrogen (secondary N) is 1. The highest BCUT2D eigenvalue weighted by Gasteiger charge is 2.41. The van der Waals surface area contributed by atoms with Gasteiger partial charge in [-0.3, -0.25) is 0 Å². The highest BCUT2D eigenvalue weighted by molar-refractivity contribution is 9.10. The van der Waals surface area contributed by atoms with Crippen LogP contribution in [-0.2, 0) is 0 Å². The van der Waals surface area contributed by atoms with Crippen molar-refractivity contribution in [3.05, 3.63) is 34.1 Å². The van der Waals surface area contributed by atoms with Crippen LogP contribution in [0.1, 0.15) is 51.1 Å². The zero-order valence-electron chi connectivity index (χ0n) is 11.1. The molecule has 100 valence electrons. The van der Waals surface area contributed by atoms with E-state index in [4.69, 9.17) is 0 Å². The smallest absolute Gasteiger partial charge is 0.129 e. The number of benzene rings is 1. The molecule has 1 saturated carbocycles. The van der Waals surface area contributed by atoms with Gasteiger partial charge in [0.15, 0.2) is 0 Å². The van der Waals surface area contributed by atoms with Crippen molar-refractivity contribution in [1.29, 1.82) is 0 Å². The maximum Gasteiger partial charge on any atom is 0.129 e. The summed E-state index contributed by atoms with van der Waals surface area (Å²) in [5, 5.41) is 3.49. The van der Waals surface area contributed by atoms with Crippen LogP contribution in [0.15, 0.2) is 22.7 Å². The first-order chi connectivity index (χ1) is 8.56. The van der Waals surface area contributed by atoms with E-state index in [9.17, 15) is 4.39 Å². The van der Waals surface area contributed by atoms with Gasteiger partial charge in [-0.2, -0.15) is 0 Å². The number of halogens is 2. The van der Waals surface area contributed by atoms with Gasteiger partial charge in [0, 0.05) is 22.6 Å². The molecule has 18 heavy (non-hydrogen) atoms. The Morgan fingerprint density at radius 1 is 1.44 bits per heavy atom. The average molecular weight is 314 g/mol. The van der Waals surface area contributed by atoms with Crippen LogP contribution in [0, 0.1) is 11.2 Å². The van der Waals surface area contributed by atoms with Gasteiger partial charge in [-0.05, 0) is 43.7 Å². The van der Waals surface area contributed by atoms with E-state index in [1.165, 1.54) is 31.7 Å². The zero-order valence-corrected chi connectivity index (χ0v) is 12.7. The third kappa shape index (κ3) is 3.33. The molecule has 1 fully saturated rings. The second-order valence-electron chi connectivity index (χ2n) is 5.52. The maximum absolute atomic E-state index is 13.8. The molecule has 1 unspecified atom stereocenters. The van der Waals surface area contributed by atoms with Gasteiger partial charge in [0.1, 0.15) is 5.82 Å². The monoisotopic (exact) mass is 313 g/mol.